The second-order valence-electron chi connectivity index (χ2n) is 4.38. The van der Waals surface area contributed by atoms with E-state index in [2.05, 4.69) is 4.98 Å². The molecule has 1 fully saturated rings. The molecule has 1 aromatic heterocycles. The summed E-state index contributed by atoms with van der Waals surface area (Å²) in [5.74, 6) is 1.00. The first-order chi connectivity index (χ1) is 9.39. The summed E-state index contributed by atoms with van der Waals surface area (Å²) in [4.78, 5) is 16.7. The maximum absolute atomic E-state index is 12.7. The topological polar surface area (TPSA) is 59.2 Å². The van der Waals surface area contributed by atoms with Gasteiger partial charge in [-0.1, -0.05) is 0 Å². The Bertz CT molecular complexity index is 499. The van der Waals surface area contributed by atoms with Crippen LogP contribution < -0.4 is 10.6 Å². The number of primary amides is 1. The van der Waals surface area contributed by atoms with Gasteiger partial charge in [0.2, 0.25) is 0 Å². The number of pyridine rings is 1. The highest BCUT2D eigenvalue weighted by Crippen LogP contribution is 2.31. The molecule has 0 unspecified atom stereocenters. The van der Waals surface area contributed by atoms with Gasteiger partial charge >= 0.3 is 6.18 Å². The number of carbonyl (C=O) groups excluding carboxylic acids is 1. The van der Waals surface area contributed by atoms with Crippen molar-refractivity contribution >= 4 is 23.5 Å². The Kier molecular flexibility index (Phi) is 4.42. The SMILES string of the molecule is NC(=O)c1ccc(C(F)(F)F)nc1N1CCCSCC1. The lowest BCUT2D eigenvalue weighted by Gasteiger charge is -2.24. The van der Waals surface area contributed by atoms with Gasteiger partial charge in [-0.3, -0.25) is 4.79 Å². The summed E-state index contributed by atoms with van der Waals surface area (Å²) in [6.45, 7) is 1.13. The van der Waals surface area contributed by atoms with Crippen LogP contribution in [-0.4, -0.2) is 35.5 Å². The van der Waals surface area contributed by atoms with Crippen molar-refractivity contribution in [3.05, 3.63) is 23.4 Å². The Labute approximate surface area is 118 Å². The van der Waals surface area contributed by atoms with Crippen LogP contribution in [0.2, 0.25) is 0 Å². The van der Waals surface area contributed by atoms with Crippen LogP contribution >= 0.6 is 11.8 Å². The van der Waals surface area contributed by atoms with Crippen molar-refractivity contribution in [3.8, 4) is 0 Å². The van der Waals surface area contributed by atoms with Gasteiger partial charge in [-0.2, -0.15) is 24.9 Å². The molecule has 0 radical (unpaired) electrons. The molecule has 1 aliphatic heterocycles. The normalized spacial score (nSPS) is 16.9. The predicted molar refractivity (Wildman–Crippen MR) is 71.9 cm³/mol. The second-order valence-corrected chi connectivity index (χ2v) is 5.61. The lowest BCUT2D eigenvalue weighted by atomic mass is 10.2. The second kappa shape index (κ2) is 5.90. The quantitative estimate of drug-likeness (QED) is 0.909. The average molecular weight is 305 g/mol. The van der Waals surface area contributed by atoms with Crippen molar-refractivity contribution in [1.29, 1.82) is 0 Å². The summed E-state index contributed by atoms with van der Waals surface area (Å²) in [6, 6.07) is 1.89. The molecule has 0 saturated carbocycles. The van der Waals surface area contributed by atoms with E-state index in [1.54, 1.807) is 16.7 Å². The number of hydrogen-bond donors (Lipinski definition) is 1. The highest BCUT2D eigenvalue weighted by molar-refractivity contribution is 7.99. The fourth-order valence-electron chi connectivity index (χ4n) is 2.00. The highest BCUT2D eigenvalue weighted by atomic mass is 32.2. The van der Waals surface area contributed by atoms with E-state index in [1.165, 1.54) is 0 Å². The lowest BCUT2D eigenvalue weighted by molar-refractivity contribution is -0.141. The Morgan fingerprint density at radius 3 is 2.70 bits per heavy atom. The summed E-state index contributed by atoms with van der Waals surface area (Å²) in [5.41, 5.74) is 4.25. The molecule has 110 valence electrons. The van der Waals surface area contributed by atoms with Gasteiger partial charge in [0.25, 0.3) is 5.91 Å². The molecule has 0 bridgehead atoms. The Morgan fingerprint density at radius 2 is 2.05 bits per heavy atom. The lowest BCUT2D eigenvalue weighted by Crippen LogP contribution is -2.30. The van der Waals surface area contributed by atoms with Crippen LogP contribution in [0.1, 0.15) is 22.5 Å². The van der Waals surface area contributed by atoms with E-state index in [9.17, 15) is 18.0 Å². The van der Waals surface area contributed by atoms with Crippen molar-refractivity contribution in [2.75, 3.05) is 29.5 Å². The fraction of sp³-hybridized carbons (Fsp3) is 0.500. The largest absolute Gasteiger partial charge is 0.433 e. The summed E-state index contributed by atoms with van der Waals surface area (Å²) in [5, 5.41) is 0. The molecule has 0 aliphatic carbocycles. The summed E-state index contributed by atoms with van der Waals surface area (Å²) in [7, 11) is 0. The highest BCUT2D eigenvalue weighted by Gasteiger charge is 2.34. The molecule has 1 aromatic rings. The van der Waals surface area contributed by atoms with E-state index in [-0.39, 0.29) is 11.4 Å². The van der Waals surface area contributed by atoms with Crippen molar-refractivity contribution in [2.24, 2.45) is 5.73 Å². The van der Waals surface area contributed by atoms with Crippen molar-refractivity contribution in [1.82, 2.24) is 4.98 Å². The van der Waals surface area contributed by atoms with Crippen molar-refractivity contribution in [3.63, 3.8) is 0 Å². The van der Waals surface area contributed by atoms with E-state index in [1.807, 2.05) is 0 Å². The number of thioether (sulfide) groups is 1. The van der Waals surface area contributed by atoms with Crippen molar-refractivity contribution in [2.45, 2.75) is 12.6 Å². The Hall–Kier alpha value is -1.44. The molecular weight excluding hydrogens is 291 g/mol. The first kappa shape index (κ1) is 15.0. The van der Waals surface area contributed by atoms with Gasteiger partial charge in [0.05, 0.1) is 5.56 Å². The van der Waals surface area contributed by atoms with E-state index in [4.69, 9.17) is 5.73 Å². The number of nitrogens with two attached hydrogens (primary N) is 1. The van der Waals surface area contributed by atoms with Gasteiger partial charge in [-0.15, -0.1) is 0 Å². The molecular formula is C12H14F3N3OS. The number of rotatable bonds is 2. The third-order valence-electron chi connectivity index (χ3n) is 2.95. The van der Waals surface area contributed by atoms with E-state index in [0.717, 1.165) is 30.1 Å². The summed E-state index contributed by atoms with van der Waals surface area (Å²) >= 11 is 1.73. The zero-order valence-corrected chi connectivity index (χ0v) is 11.4. The zero-order chi connectivity index (χ0) is 14.8. The Balaban J connectivity index is 2.43. The van der Waals surface area contributed by atoms with E-state index < -0.39 is 17.8 Å². The maximum Gasteiger partial charge on any atom is 0.433 e. The summed E-state index contributed by atoms with van der Waals surface area (Å²) < 4.78 is 38.2. The third kappa shape index (κ3) is 3.36. The molecule has 0 spiro atoms. The number of halogens is 3. The molecule has 20 heavy (non-hydrogen) atoms. The van der Waals surface area contributed by atoms with Crippen molar-refractivity contribution < 1.29 is 18.0 Å². The van der Waals surface area contributed by atoms with Crippen LogP contribution in [0.5, 0.6) is 0 Å². The number of aromatic nitrogens is 1. The number of hydrogen-bond acceptors (Lipinski definition) is 4. The van der Waals surface area contributed by atoms with Crippen LogP contribution in [-0.2, 0) is 6.18 Å². The number of anilines is 1. The molecule has 2 heterocycles. The minimum Gasteiger partial charge on any atom is -0.365 e. The number of carbonyl (C=O) groups is 1. The molecule has 8 heteroatoms. The van der Waals surface area contributed by atoms with Gasteiger partial charge in [-0.25, -0.2) is 4.98 Å². The van der Waals surface area contributed by atoms with Crippen LogP contribution in [0.4, 0.5) is 19.0 Å². The van der Waals surface area contributed by atoms with E-state index in [0.29, 0.717) is 13.1 Å². The van der Waals surface area contributed by atoms with Crippen LogP contribution in [0.15, 0.2) is 12.1 Å². The van der Waals surface area contributed by atoms with Crippen LogP contribution in [0.3, 0.4) is 0 Å². The standard InChI is InChI=1S/C12H14F3N3OS/c13-12(14,15)9-3-2-8(10(16)19)11(17-9)18-4-1-6-20-7-5-18/h2-3H,1,4-7H2,(H2,16,19). The number of nitrogens with zero attached hydrogens (tertiary/aromatic N) is 2. The molecule has 2 rings (SSSR count). The monoisotopic (exact) mass is 305 g/mol. The number of alkyl halides is 3. The van der Waals surface area contributed by atoms with E-state index >= 15 is 0 Å². The molecule has 0 atom stereocenters. The minimum atomic E-state index is -4.54. The van der Waals surface area contributed by atoms with Gasteiger partial charge < -0.3 is 10.6 Å². The average Bonchev–Trinajstić information content (AvgIpc) is 2.65. The smallest absolute Gasteiger partial charge is 0.365 e. The molecule has 2 N–H and O–H groups in total. The molecule has 1 saturated heterocycles. The molecule has 1 aliphatic rings. The number of amides is 1. The predicted octanol–water partition coefficient (Wildman–Crippen LogP) is 2.14. The van der Waals surface area contributed by atoms with Gasteiger partial charge in [0.1, 0.15) is 11.5 Å². The first-order valence-electron chi connectivity index (χ1n) is 6.10. The van der Waals surface area contributed by atoms with Gasteiger partial charge in [0.15, 0.2) is 0 Å². The van der Waals surface area contributed by atoms with Gasteiger partial charge in [0, 0.05) is 18.8 Å². The first-order valence-corrected chi connectivity index (χ1v) is 7.26. The Morgan fingerprint density at radius 1 is 1.30 bits per heavy atom. The molecule has 1 amide bonds. The van der Waals surface area contributed by atoms with Gasteiger partial charge in [-0.05, 0) is 24.3 Å². The fourth-order valence-corrected chi connectivity index (χ4v) is 2.88. The molecule has 0 aromatic carbocycles. The minimum absolute atomic E-state index is 0.0323. The maximum atomic E-state index is 12.7. The molecule has 4 nitrogen and oxygen atoms in total. The summed E-state index contributed by atoms with van der Waals surface area (Å²) in [6.07, 6.45) is -3.70. The third-order valence-corrected chi connectivity index (χ3v) is 4.00. The zero-order valence-electron chi connectivity index (χ0n) is 10.6. The van der Waals surface area contributed by atoms with Crippen LogP contribution in [0, 0.1) is 0 Å². The van der Waals surface area contributed by atoms with Crippen LogP contribution in [0.25, 0.3) is 0 Å².